The molecule has 1 aliphatic heterocycles. The van der Waals surface area contributed by atoms with Gasteiger partial charge in [0.25, 0.3) is 5.01 Å². The van der Waals surface area contributed by atoms with Crippen LogP contribution in [0.3, 0.4) is 0 Å². The van der Waals surface area contributed by atoms with E-state index in [1.807, 2.05) is 11.3 Å². The van der Waals surface area contributed by atoms with E-state index >= 15 is 0 Å². The molecule has 0 aliphatic carbocycles. The minimum atomic E-state index is 0. The average Bonchev–Trinajstić information content (AvgIpc) is 3.10. The number of aromatic nitrogens is 1. The average molecular weight is 514 g/mol. The predicted molar refractivity (Wildman–Crippen MR) is 122 cm³/mol. The number of fused-ring (bicyclic) bond motifs is 1. The molecule has 29 heavy (non-hydrogen) atoms. The van der Waals surface area contributed by atoms with Gasteiger partial charge in [0.2, 0.25) is 5.69 Å². The Kier molecular flexibility index (Phi) is 6.96. The Morgan fingerprint density at radius 3 is 2.55 bits per heavy atom. The number of benzene rings is 2. The summed E-state index contributed by atoms with van der Waals surface area (Å²) in [5.74, 6) is 0. The first-order valence-corrected chi connectivity index (χ1v) is 10.9. The van der Waals surface area contributed by atoms with Gasteiger partial charge in [-0.2, -0.15) is 4.57 Å². The molecular weight excluding hydrogens is 487 g/mol. The van der Waals surface area contributed by atoms with E-state index in [4.69, 9.17) is 0 Å². The summed E-state index contributed by atoms with van der Waals surface area (Å²) in [7, 11) is 0. The van der Waals surface area contributed by atoms with Gasteiger partial charge in [-0.3, -0.25) is 0 Å². The lowest BCUT2D eigenvalue weighted by atomic mass is 10.0. The highest BCUT2D eigenvalue weighted by Crippen LogP contribution is 2.33. The Hall–Kier alpha value is -1.92. The number of anilines is 1. The van der Waals surface area contributed by atoms with Gasteiger partial charge < -0.3 is 28.9 Å². The molecule has 0 saturated heterocycles. The molecule has 2 heterocycles. The van der Waals surface area contributed by atoms with E-state index < -0.39 is 0 Å². The number of nitrogens with zero attached hydrogens (tertiary/aromatic N) is 2. The Balaban J connectivity index is 0.00000240. The van der Waals surface area contributed by atoms with Crippen LogP contribution in [0.25, 0.3) is 23.4 Å². The van der Waals surface area contributed by atoms with E-state index in [9.17, 15) is 0 Å². The Labute approximate surface area is 195 Å². The highest BCUT2D eigenvalue weighted by atomic mass is 127. The SMILES string of the molecule is CCN1C(=Cc2scc(-c3ccccc3C)[n+]2CC)C=Cc2cc(C)ccc21.[I-]. The zero-order chi connectivity index (χ0) is 19.7. The third-order valence-corrected chi connectivity index (χ3v) is 6.31. The van der Waals surface area contributed by atoms with Gasteiger partial charge in [0.15, 0.2) is 0 Å². The number of hydrogen-bond acceptors (Lipinski definition) is 2. The zero-order valence-electron chi connectivity index (χ0n) is 17.4. The van der Waals surface area contributed by atoms with Crippen molar-refractivity contribution in [1.29, 1.82) is 0 Å². The largest absolute Gasteiger partial charge is 1.00 e. The molecule has 0 saturated carbocycles. The standard InChI is InChI=1S/C25H27N2S.HI/c1-5-26-21(13-12-20-15-18(3)11-14-23(20)26)16-25-27(6-2)24(17-28-25)22-10-8-7-9-19(22)4;/h7-17H,5-6H2,1-4H3;1H/q+1;/p-1. The first kappa shape index (κ1) is 21.8. The minimum Gasteiger partial charge on any atom is -1.00 e. The summed E-state index contributed by atoms with van der Waals surface area (Å²) < 4.78 is 2.42. The topological polar surface area (TPSA) is 7.12 Å². The molecule has 0 unspecified atom stereocenters. The van der Waals surface area contributed by atoms with Crippen LogP contribution in [0, 0.1) is 13.8 Å². The highest BCUT2D eigenvalue weighted by Gasteiger charge is 2.23. The number of likely N-dealkylation sites (N-methyl/N-ethyl adjacent to an activating group) is 1. The molecule has 1 aromatic heterocycles. The van der Waals surface area contributed by atoms with Crippen LogP contribution >= 0.6 is 11.3 Å². The van der Waals surface area contributed by atoms with Crippen molar-refractivity contribution in [3.63, 3.8) is 0 Å². The smallest absolute Gasteiger partial charge is 0.264 e. The quantitative estimate of drug-likeness (QED) is 0.383. The molecular formula is C25H27IN2S. The maximum atomic E-state index is 2.42. The molecule has 1 aliphatic rings. The summed E-state index contributed by atoms with van der Waals surface area (Å²) in [4.78, 5) is 2.40. The third-order valence-electron chi connectivity index (χ3n) is 5.39. The van der Waals surface area contributed by atoms with Crippen LogP contribution in [-0.4, -0.2) is 6.54 Å². The van der Waals surface area contributed by atoms with Gasteiger partial charge in [-0.05, 0) is 63.1 Å². The molecule has 3 aromatic rings. The van der Waals surface area contributed by atoms with E-state index in [2.05, 4.69) is 103 Å². The summed E-state index contributed by atoms with van der Waals surface area (Å²) in [6.07, 6.45) is 6.82. The van der Waals surface area contributed by atoms with Gasteiger partial charge >= 0.3 is 0 Å². The Morgan fingerprint density at radius 2 is 1.83 bits per heavy atom. The van der Waals surface area contributed by atoms with Gasteiger partial charge in [-0.15, -0.1) is 0 Å². The van der Waals surface area contributed by atoms with E-state index in [1.54, 1.807) is 0 Å². The molecule has 150 valence electrons. The van der Waals surface area contributed by atoms with Crippen molar-refractivity contribution in [1.82, 2.24) is 0 Å². The number of hydrogen-bond donors (Lipinski definition) is 0. The second kappa shape index (κ2) is 9.26. The molecule has 0 bridgehead atoms. The second-order valence-corrected chi connectivity index (χ2v) is 8.12. The van der Waals surface area contributed by atoms with Crippen molar-refractivity contribution < 1.29 is 28.5 Å². The van der Waals surface area contributed by atoms with Crippen molar-refractivity contribution in [3.8, 4) is 11.3 Å². The van der Waals surface area contributed by atoms with E-state index in [1.165, 1.54) is 44.3 Å². The van der Waals surface area contributed by atoms with Crippen LogP contribution in [0.1, 0.15) is 35.5 Å². The van der Waals surface area contributed by atoms with Crippen molar-refractivity contribution in [2.75, 3.05) is 11.4 Å². The summed E-state index contributed by atoms with van der Waals surface area (Å²) >= 11 is 1.82. The van der Waals surface area contributed by atoms with Crippen LogP contribution in [-0.2, 0) is 6.54 Å². The summed E-state index contributed by atoms with van der Waals surface area (Å²) in [6, 6.07) is 15.3. The van der Waals surface area contributed by atoms with Gasteiger partial charge in [0, 0.05) is 29.6 Å². The van der Waals surface area contributed by atoms with Crippen LogP contribution in [0.5, 0.6) is 0 Å². The molecule has 4 heteroatoms. The number of aryl methyl sites for hydroxylation is 2. The normalized spacial score (nSPS) is 14.1. The van der Waals surface area contributed by atoms with E-state index in [0.717, 1.165) is 13.1 Å². The highest BCUT2D eigenvalue weighted by molar-refractivity contribution is 7.10. The molecule has 0 amide bonds. The lowest BCUT2D eigenvalue weighted by Crippen LogP contribution is -3.00. The molecule has 2 aromatic carbocycles. The Bertz CT molecular complexity index is 1080. The van der Waals surface area contributed by atoms with Crippen LogP contribution in [0.4, 0.5) is 5.69 Å². The first-order chi connectivity index (χ1) is 13.6. The third kappa shape index (κ3) is 4.19. The van der Waals surface area contributed by atoms with E-state index in [0.29, 0.717) is 0 Å². The lowest BCUT2D eigenvalue weighted by molar-refractivity contribution is -0.679. The number of thiazole rings is 1. The second-order valence-electron chi connectivity index (χ2n) is 7.23. The molecule has 0 atom stereocenters. The van der Waals surface area contributed by atoms with Crippen LogP contribution in [0.2, 0.25) is 0 Å². The number of allylic oxidation sites excluding steroid dienone is 1. The summed E-state index contributed by atoms with van der Waals surface area (Å²) in [5.41, 5.74) is 9.08. The number of rotatable bonds is 4. The number of halogens is 1. The molecule has 0 radical (unpaired) electrons. The molecule has 0 fully saturated rings. The van der Waals surface area contributed by atoms with Crippen LogP contribution < -0.4 is 33.4 Å². The van der Waals surface area contributed by atoms with Crippen molar-refractivity contribution in [2.24, 2.45) is 0 Å². The lowest BCUT2D eigenvalue weighted by Gasteiger charge is -2.29. The summed E-state index contributed by atoms with van der Waals surface area (Å²) in [6.45, 7) is 10.7. The van der Waals surface area contributed by atoms with E-state index in [-0.39, 0.29) is 24.0 Å². The molecule has 0 spiro atoms. The predicted octanol–water partition coefficient (Wildman–Crippen LogP) is 3.24. The minimum absolute atomic E-state index is 0. The molecule has 4 rings (SSSR count). The van der Waals surface area contributed by atoms with Gasteiger partial charge in [-0.25, -0.2) is 0 Å². The fourth-order valence-corrected chi connectivity index (χ4v) is 4.96. The maximum Gasteiger partial charge on any atom is 0.264 e. The van der Waals surface area contributed by atoms with Gasteiger partial charge in [0.1, 0.15) is 6.54 Å². The molecule has 0 N–H and O–H groups in total. The van der Waals surface area contributed by atoms with Crippen molar-refractivity contribution in [2.45, 2.75) is 34.2 Å². The van der Waals surface area contributed by atoms with Gasteiger partial charge in [0.05, 0.1) is 5.38 Å². The summed E-state index contributed by atoms with van der Waals surface area (Å²) in [5, 5.41) is 3.58. The monoisotopic (exact) mass is 514 g/mol. The molecule has 2 nitrogen and oxygen atoms in total. The van der Waals surface area contributed by atoms with Crippen molar-refractivity contribution >= 4 is 29.2 Å². The fraction of sp³-hybridized carbons (Fsp3) is 0.240. The Morgan fingerprint density at radius 1 is 1.03 bits per heavy atom. The maximum absolute atomic E-state index is 2.42. The van der Waals surface area contributed by atoms with Crippen molar-refractivity contribution in [3.05, 3.63) is 81.3 Å². The zero-order valence-corrected chi connectivity index (χ0v) is 20.4. The van der Waals surface area contributed by atoms with Crippen LogP contribution in [0.15, 0.2) is 59.6 Å². The fourth-order valence-electron chi connectivity index (χ4n) is 3.93. The first-order valence-electron chi connectivity index (χ1n) is 9.97. The van der Waals surface area contributed by atoms with Gasteiger partial charge in [-0.1, -0.05) is 47.2 Å².